The van der Waals surface area contributed by atoms with Crippen molar-refractivity contribution in [2.24, 2.45) is 0 Å². The molecule has 1 N–H and O–H groups in total. The summed E-state index contributed by atoms with van der Waals surface area (Å²) in [6, 6.07) is 13.6. The Morgan fingerprint density at radius 2 is 2.00 bits per heavy atom. The lowest BCUT2D eigenvalue weighted by Crippen LogP contribution is -2.36. The number of fused-ring (bicyclic) bond motifs is 1. The Balaban J connectivity index is 1.42. The van der Waals surface area contributed by atoms with Crippen LogP contribution in [-0.2, 0) is 11.2 Å². The summed E-state index contributed by atoms with van der Waals surface area (Å²) in [6.07, 6.45) is 1.09. The van der Waals surface area contributed by atoms with Crippen LogP contribution in [0.2, 0.25) is 0 Å². The monoisotopic (exact) mass is 341 g/mol. The van der Waals surface area contributed by atoms with Crippen molar-refractivity contribution in [2.45, 2.75) is 32.7 Å². The fourth-order valence-corrected chi connectivity index (χ4v) is 2.68. The molecule has 132 valence electrons. The van der Waals surface area contributed by atoms with E-state index in [0.717, 1.165) is 28.4 Å². The summed E-state index contributed by atoms with van der Waals surface area (Å²) in [6.45, 7) is 4.65. The molecule has 0 aromatic heterocycles. The molecule has 2 aromatic rings. The van der Waals surface area contributed by atoms with Gasteiger partial charge in [-0.25, -0.2) is 0 Å². The quantitative estimate of drug-likeness (QED) is 0.840. The predicted molar refractivity (Wildman–Crippen MR) is 95.2 cm³/mol. The van der Waals surface area contributed by atoms with Gasteiger partial charge in [0.25, 0.3) is 0 Å². The number of carbonyl (C=O) groups excluding carboxylic acids is 1. The number of hydrogen-bond acceptors (Lipinski definition) is 4. The Bertz CT molecular complexity index is 744. The fourth-order valence-electron chi connectivity index (χ4n) is 2.68. The maximum absolute atomic E-state index is 12.1. The summed E-state index contributed by atoms with van der Waals surface area (Å²) in [7, 11) is 0. The van der Waals surface area contributed by atoms with Crippen molar-refractivity contribution in [3.05, 3.63) is 53.6 Å². The lowest BCUT2D eigenvalue weighted by molar-refractivity contribution is -0.121. The van der Waals surface area contributed by atoms with Crippen LogP contribution in [0.4, 0.5) is 0 Å². The van der Waals surface area contributed by atoms with E-state index in [1.54, 1.807) is 0 Å². The van der Waals surface area contributed by atoms with Gasteiger partial charge in [-0.1, -0.05) is 24.3 Å². The molecule has 1 atom stereocenters. The molecule has 3 rings (SSSR count). The van der Waals surface area contributed by atoms with Crippen LogP contribution in [0, 0.1) is 6.92 Å². The molecule has 2 aromatic carbocycles. The van der Waals surface area contributed by atoms with E-state index in [4.69, 9.17) is 14.2 Å². The summed E-state index contributed by atoms with van der Waals surface area (Å²) < 4.78 is 16.4. The summed E-state index contributed by atoms with van der Waals surface area (Å²) in [5.74, 6) is 2.37. The number of hydrogen-bond donors (Lipinski definition) is 1. The number of para-hydroxylation sites is 1. The normalized spacial score (nSPS) is 13.4. The van der Waals surface area contributed by atoms with Crippen LogP contribution in [0.15, 0.2) is 42.5 Å². The first-order valence-electron chi connectivity index (χ1n) is 8.48. The lowest BCUT2D eigenvalue weighted by Gasteiger charge is -2.16. The van der Waals surface area contributed by atoms with Crippen LogP contribution >= 0.6 is 0 Å². The second kappa shape index (κ2) is 7.92. The molecule has 1 aliphatic heterocycles. The van der Waals surface area contributed by atoms with Gasteiger partial charge < -0.3 is 19.5 Å². The third-order valence-corrected chi connectivity index (χ3v) is 4.07. The number of amides is 1. The van der Waals surface area contributed by atoms with Crippen LogP contribution < -0.4 is 19.5 Å². The first-order valence-corrected chi connectivity index (χ1v) is 8.48. The van der Waals surface area contributed by atoms with E-state index in [2.05, 4.69) is 5.32 Å². The Kier molecular flexibility index (Phi) is 5.43. The average molecular weight is 341 g/mol. The van der Waals surface area contributed by atoms with Gasteiger partial charge in [0.2, 0.25) is 12.7 Å². The number of rotatable bonds is 7. The Hall–Kier alpha value is -2.69. The molecule has 0 spiro atoms. The molecule has 0 saturated heterocycles. The van der Waals surface area contributed by atoms with Crippen molar-refractivity contribution in [3.63, 3.8) is 0 Å². The minimum Gasteiger partial charge on any atom is -0.491 e. The van der Waals surface area contributed by atoms with Gasteiger partial charge in [-0.2, -0.15) is 0 Å². The van der Waals surface area contributed by atoms with Crippen molar-refractivity contribution in [1.29, 1.82) is 0 Å². The number of aryl methyl sites for hydroxylation is 2. The van der Waals surface area contributed by atoms with Gasteiger partial charge in [0.05, 0.1) is 6.04 Å². The third-order valence-electron chi connectivity index (χ3n) is 4.07. The highest BCUT2D eigenvalue weighted by molar-refractivity contribution is 5.76. The van der Waals surface area contributed by atoms with Crippen LogP contribution in [0.3, 0.4) is 0 Å². The zero-order chi connectivity index (χ0) is 17.6. The second-order valence-corrected chi connectivity index (χ2v) is 6.23. The van der Waals surface area contributed by atoms with Gasteiger partial charge in [0, 0.05) is 6.42 Å². The molecular formula is C20H23NO4. The molecule has 0 fully saturated rings. The van der Waals surface area contributed by atoms with Crippen LogP contribution in [-0.4, -0.2) is 25.3 Å². The van der Waals surface area contributed by atoms with E-state index in [-0.39, 0.29) is 18.7 Å². The van der Waals surface area contributed by atoms with Crippen LogP contribution in [0.1, 0.15) is 24.5 Å². The van der Waals surface area contributed by atoms with Crippen molar-refractivity contribution in [1.82, 2.24) is 5.32 Å². The largest absolute Gasteiger partial charge is 0.491 e. The van der Waals surface area contributed by atoms with E-state index in [1.165, 1.54) is 0 Å². The zero-order valence-corrected chi connectivity index (χ0v) is 14.6. The molecule has 1 unspecified atom stereocenters. The summed E-state index contributed by atoms with van der Waals surface area (Å²) in [5, 5.41) is 2.97. The topological polar surface area (TPSA) is 56.8 Å². The average Bonchev–Trinajstić information content (AvgIpc) is 3.07. The van der Waals surface area contributed by atoms with Crippen LogP contribution in [0.5, 0.6) is 17.2 Å². The smallest absolute Gasteiger partial charge is 0.231 e. The SMILES string of the molecule is Cc1ccccc1OCC(C)NC(=O)CCc1ccc2c(c1)OCO2. The maximum Gasteiger partial charge on any atom is 0.231 e. The predicted octanol–water partition coefficient (Wildman–Crippen LogP) is 3.24. The van der Waals surface area contributed by atoms with Gasteiger partial charge in [0.1, 0.15) is 12.4 Å². The minimum absolute atomic E-state index is 0.0125. The molecule has 0 aliphatic carbocycles. The highest BCUT2D eigenvalue weighted by atomic mass is 16.7. The molecule has 1 aliphatic rings. The summed E-state index contributed by atoms with van der Waals surface area (Å²) >= 11 is 0. The van der Waals surface area contributed by atoms with Gasteiger partial charge in [-0.15, -0.1) is 0 Å². The summed E-state index contributed by atoms with van der Waals surface area (Å²) in [5.41, 5.74) is 2.15. The van der Waals surface area contributed by atoms with Gasteiger partial charge in [-0.05, 0) is 49.6 Å². The number of ether oxygens (including phenoxy) is 3. The molecule has 5 nitrogen and oxygen atoms in total. The van der Waals surface area contributed by atoms with E-state index < -0.39 is 0 Å². The Morgan fingerprint density at radius 3 is 2.84 bits per heavy atom. The zero-order valence-electron chi connectivity index (χ0n) is 14.6. The first kappa shape index (κ1) is 17.1. The number of benzene rings is 2. The van der Waals surface area contributed by atoms with Crippen molar-refractivity contribution < 1.29 is 19.0 Å². The molecule has 1 amide bonds. The highest BCUT2D eigenvalue weighted by Gasteiger charge is 2.14. The molecule has 0 bridgehead atoms. The van der Waals surface area contributed by atoms with Crippen molar-refractivity contribution in [2.75, 3.05) is 13.4 Å². The number of carbonyl (C=O) groups is 1. The number of nitrogens with one attached hydrogen (secondary N) is 1. The van der Waals surface area contributed by atoms with E-state index in [1.807, 2.05) is 56.3 Å². The van der Waals surface area contributed by atoms with Crippen molar-refractivity contribution in [3.8, 4) is 17.2 Å². The van der Waals surface area contributed by atoms with E-state index in [0.29, 0.717) is 19.4 Å². The molecule has 5 heteroatoms. The second-order valence-electron chi connectivity index (χ2n) is 6.23. The summed E-state index contributed by atoms with van der Waals surface area (Å²) in [4.78, 5) is 12.1. The standard InChI is InChI=1S/C20H23NO4/c1-14-5-3-4-6-17(14)23-12-15(2)21-20(22)10-8-16-7-9-18-19(11-16)25-13-24-18/h3-7,9,11,15H,8,10,12-13H2,1-2H3,(H,21,22). The van der Waals surface area contributed by atoms with E-state index in [9.17, 15) is 4.79 Å². The first-order chi connectivity index (χ1) is 12.1. The van der Waals surface area contributed by atoms with Gasteiger partial charge >= 0.3 is 0 Å². The molecular weight excluding hydrogens is 318 g/mol. The van der Waals surface area contributed by atoms with Crippen molar-refractivity contribution >= 4 is 5.91 Å². The maximum atomic E-state index is 12.1. The van der Waals surface area contributed by atoms with Gasteiger partial charge in [-0.3, -0.25) is 4.79 Å². The molecule has 0 saturated carbocycles. The molecule has 0 radical (unpaired) electrons. The van der Waals surface area contributed by atoms with E-state index >= 15 is 0 Å². The van der Waals surface area contributed by atoms with Gasteiger partial charge in [0.15, 0.2) is 11.5 Å². The lowest BCUT2D eigenvalue weighted by atomic mass is 10.1. The fraction of sp³-hybridized carbons (Fsp3) is 0.350. The molecule has 1 heterocycles. The molecule has 25 heavy (non-hydrogen) atoms. The Labute approximate surface area is 147 Å². The minimum atomic E-state index is -0.0520. The van der Waals surface area contributed by atoms with Crippen LogP contribution in [0.25, 0.3) is 0 Å². The highest BCUT2D eigenvalue weighted by Crippen LogP contribution is 2.32. The third kappa shape index (κ3) is 4.66. The Morgan fingerprint density at radius 1 is 1.20 bits per heavy atom.